The molecule has 0 aromatic rings. The highest BCUT2D eigenvalue weighted by Gasteiger charge is 2.33. The molecule has 0 aromatic carbocycles. The minimum absolute atomic E-state index is 0.129. The number of hydrogen-bond acceptors (Lipinski definition) is 3. The van der Waals surface area contributed by atoms with Crippen molar-refractivity contribution in [3.63, 3.8) is 0 Å². The Bertz CT molecular complexity index is 425. The largest absolute Gasteiger partial charge is 0.314 e. The van der Waals surface area contributed by atoms with Crippen LogP contribution in [0.15, 0.2) is 0 Å². The summed E-state index contributed by atoms with van der Waals surface area (Å²) in [5, 5.41) is 3.43. The van der Waals surface area contributed by atoms with E-state index in [0.29, 0.717) is 31.0 Å². The lowest BCUT2D eigenvalue weighted by Crippen LogP contribution is -2.50. The molecule has 5 nitrogen and oxygen atoms in total. The molecule has 2 fully saturated rings. The third kappa shape index (κ3) is 4.91. The second kappa shape index (κ2) is 7.40. The van der Waals surface area contributed by atoms with Gasteiger partial charge in [0, 0.05) is 25.2 Å². The van der Waals surface area contributed by atoms with Crippen LogP contribution in [0.2, 0.25) is 0 Å². The Morgan fingerprint density at radius 2 is 1.95 bits per heavy atom. The first-order valence-corrected chi connectivity index (χ1v) is 9.83. The van der Waals surface area contributed by atoms with Crippen molar-refractivity contribution in [1.82, 2.24) is 14.3 Å². The van der Waals surface area contributed by atoms with Gasteiger partial charge >= 0.3 is 0 Å². The third-order valence-corrected chi connectivity index (χ3v) is 6.41. The maximum absolute atomic E-state index is 12.6. The van der Waals surface area contributed by atoms with Crippen LogP contribution < -0.4 is 10.0 Å². The fourth-order valence-electron chi connectivity index (χ4n) is 3.40. The number of nitrogens with one attached hydrogen (secondary N) is 2. The summed E-state index contributed by atoms with van der Waals surface area (Å²) in [5.41, 5.74) is 0. The molecule has 2 rings (SSSR count). The number of piperidine rings is 1. The molecule has 1 heterocycles. The van der Waals surface area contributed by atoms with Crippen molar-refractivity contribution in [3.8, 4) is 0 Å². The zero-order chi connectivity index (χ0) is 15.5. The van der Waals surface area contributed by atoms with E-state index in [1.54, 1.807) is 4.31 Å². The fraction of sp³-hybridized carbons (Fsp3) is 1.00. The van der Waals surface area contributed by atoms with Gasteiger partial charge in [-0.1, -0.05) is 27.2 Å². The summed E-state index contributed by atoms with van der Waals surface area (Å²) in [6.45, 7) is 8.61. The van der Waals surface area contributed by atoms with Crippen LogP contribution in [0, 0.1) is 11.8 Å². The molecule has 6 heteroatoms. The molecule has 0 spiro atoms. The van der Waals surface area contributed by atoms with Gasteiger partial charge in [-0.3, -0.25) is 0 Å². The molecule has 3 atom stereocenters. The van der Waals surface area contributed by atoms with Gasteiger partial charge in [-0.05, 0) is 44.1 Å². The normalized spacial score (nSPS) is 31.9. The highest BCUT2D eigenvalue weighted by Crippen LogP contribution is 2.26. The number of rotatable bonds is 6. The van der Waals surface area contributed by atoms with Crippen LogP contribution >= 0.6 is 0 Å². The van der Waals surface area contributed by atoms with Crippen LogP contribution in [0.3, 0.4) is 0 Å². The van der Waals surface area contributed by atoms with Crippen molar-refractivity contribution in [2.75, 3.05) is 19.6 Å². The number of nitrogens with zero attached hydrogens (tertiary/aromatic N) is 1. The Labute approximate surface area is 130 Å². The van der Waals surface area contributed by atoms with Crippen LogP contribution in [0.25, 0.3) is 0 Å². The minimum atomic E-state index is -3.32. The molecule has 2 N–H and O–H groups in total. The Balaban J connectivity index is 1.89. The van der Waals surface area contributed by atoms with Gasteiger partial charge in [-0.2, -0.15) is 17.4 Å². The zero-order valence-electron chi connectivity index (χ0n) is 13.6. The second-order valence-electron chi connectivity index (χ2n) is 7.07. The Morgan fingerprint density at radius 3 is 2.57 bits per heavy atom. The summed E-state index contributed by atoms with van der Waals surface area (Å²) in [7, 11) is -3.32. The lowest BCUT2D eigenvalue weighted by atomic mass is 9.99. The standard InChI is InChI=1S/C15H31N3O2S/c1-12(2)16-10-14-7-5-9-18(11-14)21(19,20)17-15-8-4-6-13(15)3/h12-17H,4-11H2,1-3H3. The van der Waals surface area contributed by atoms with Gasteiger partial charge in [0.15, 0.2) is 0 Å². The van der Waals surface area contributed by atoms with E-state index in [1.165, 1.54) is 0 Å². The van der Waals surface area contributed by atoms with Gasteiger partial charge in [0.05, 0.1) is 0 Å². The molecule has 3 unspecified atom stereocenters. The lowest BCUT2D eigenvalue weighted by molar-refractivity contribution is 0.252. The zero-order valence-corrected chi connectivity index (χ0v) is 14.5. The summed E-state index contributed by atoms with van der Waals surface area (Å²) < 4.78 is 29.7. The third-order valence-electron chi connectivity index (χ3n) is 4.80. The van der Waals surface area contributed by atoms with Gasteiger partial charge in [0.25, 0.3) is 10.2 Å². The first-order valence-electron chi connectivity index (χ1n) is 8.39. The summed E-state index contributed by atoms with van der Waals surface area (Å²) in [4.78, 5) is 0. The number of hydrogen-bond donors (Lipinski definition) is 2. The summed E-state index contributed by atoms with van der Waals surface area (Å²) in [6, 6.07) is 0.582. The molecule has 0 bridgehead atoms. The van der Waals surface area contributed by atoms with E-state index in [2.05, 4.69) is 30.8 Å². The Morgan fingerprint density at radius 1 is 1.19 bits per heavy atom. The topological polar surface area (TPSA) is 61.4 Å². The average molecular weight is 317 g/mol. The predicted molar refractivity (Wildman–Crippen MR) is 86.3 cm³/mol. The van der Waals surface area contributed by atoms with Crippen molar-refractivity contribution in [2.24, 2.45) is 11.8 Å². The molecule has 1 aliphatic carbocycles. The van der Waals surface area contributed by atoms with Crippen molar-refractivity contribution >= 4 is 10.2 Å². The van der Waals surface area contributed by atoms with Crippen LogP contribution in [-0.2, 0) is 10.2 Å². The van der Waals surface area contributed by atoms with Gasteiger partial charge in [-0.15, -0.1) is 0 Å². The molecule has 124 valence electrons. The maximum Gasteiger partial charge on any atom is 0.279 e. The first kappa shape index (κ1) is 17.2. The van der Waals surface area contributed by atoms with E-state index < -0.39 is 10.2 Å². The van der Waals surface area contributed by atoms with Gasteiger partial charge in [0.1, 0.15) is 0 Å². The van der Waals surface area contributed by atoms with Crippen molar-refractivity contribution in [2.45, 2.75) is 65.0 Å². The smallest absolute Gasteiger partial charge is 0.279 e. The SMILES string of the molecule is CC(C)NCC1CCCN(S(=O)(=O)NC2CCCC2C)C1. The fourth-order valence-corrected chi connectivity index (χ4v) is 5.06. The highest BCUT2D eigenvalue weighted by atomic mass is 32.2. The molecule has 0 aromatic heterocycles. The molecule has 2 aliphatic rings. The average Bonchev–Trinajstić information content (AvgIpc) is 2.82. The van der Waals surface area contributed by atoms with Crippen molar-refractivity contribution < 1.29 is 8.42 Å². The van der Waals surface area contributed by atoms with Crippen LogP contribution in [0.1, 0.15) is 52.9 Å². The molecule has 0 amide bonds. The second-order valence-corrected chi connectivity index (χ2v) is 8.77. The Hall–Kier alpha value is -0.170. The highest BCUT2D eigenvalue weighted by molar-refractivity contribution is 7.87. The molecule has 1 aliphatic heterocycles. The van der Waals surface area contributed by atoms with Gasteiger partial charge in [0.2, 0.25) is 0 Å². The molecule has 0 radical (unpaired) electrons. The maximum atomic E-state index is 12.6. The predicted octanol–water partition coefficient (Wildman–Crippen LogP) is 1.72. The minimum Gasteiger partial charge on any atom is -0.314 e. The first-order chi connectivity index (χ1) is 9.88. The van der Waals surface area contributed by atoms with E-state index >= 15 is 0 Å². The monoisotopic (exact) mass is 317 g/mol. The van der Waals surface area contributed by atoms with E-state index in [-0.39, 0.29) is 6.04 Å². The van der Waals surface area contributed by atoms with E-state index in [9.17, 15) is 8.42 Å². The van der Waals surface area contributed by atoms with Crippen LogP contribution in [0.4, 0.5) is 0 Å². The van der Waals surface area contributed by atoms with Crippen LogP contribution in [-0.4, -0.2) is 44.4 Å². The lowest BCUT2D eigenvalue weighted by Gasteiger charge is -2.33. The summed E-state index contributed by atoms with van der Waals surface area (Å²) >= 11 is 0. The summed E-state index contributed by atoms with van der Waals surface area (Å²) in [6.07, 6.45) is 5.33. The Kier molecular flexibility index (Phi) is 6.05. The molecular formula is C15H31N3O2S. The van der Waals surface area contributed by atoms with Crippen molar-refractivity contribution in [3.05, 3.63) is 0 Å². The molecule has 1 saturated heterocycles. The van der Waals surface area contributed by atoms with Crippen LogP contribution in [0.5, 0.6) is 0 Å². The van der Waals surface area contributed by atoms with Crippen molar-refractivity contribution in [1.29, 1.82) is 0 Å². The molecular weight excluding hydrogens is 286 g/mol. The quantitative estimate of drug-likeness (QED) is 0.784. The van der Waals surface area contributed by atoms with E-state index in [4.69, 9.17) is 0 Å². The van der Waals surface area contributed by atoms with Gasteiger partial charge < -0.3 is 5.32 Å². The molecule has 21 heavy (non-hydrogen) atoms. The summed E-state index contributed by atoms with van der Waals surface area (Å²) in [5.74, 6) is 0.890. The van der Waals surface area contributed by atoms with E-state index in [1.807, 2.05) is 0 Å². The molecule has 1 saturated carbocycles. The van der Waals surface area contributed by atoms with E-state index in [0.717, 1.165) is 38.6 Å². The van der Waals surface area contributed by atoms with Gasteiger partial charge in [-0.25, -0.2) is 0 Å².